The van der Waals surface area contributed by atoms with Crippen LogP contribution >= 0.6 is 0 Å². The standard InChI is InChI=1S/C20H30O2/c1-2-3-4-5-6-7-8-9-10-11-12-13-14-15-16-17-18-19-20(21)22/h6-7,9-10,12-13H,2-5,8,11,14,17-19H2,1H3,(H,21,22)/b7-6+,10-9-,13-12-. The summed E-state index contributed by atoms with van der Waals surface area (Å²) in [7, 11) is 0. The monoisotopic (exact) mass is 302 g/mol. The molecule has 0 saturated heterocycles. The molecular weight excluding hydrogens is 272 g/mol. The second kappa shape index (κ2) is 17.3. The average molecular weight is 302 g/mol. The fraction of sp³-hybridized carbons (Fsp3) is 0.550. The van der Waals surface area contributed by atoms with Crippen molar-refractivity contribution in [1.82, 2.24) is 0 Å². The Labute approximate surface area is 136 Å². The maximum Gasteiger partial charge on any atom is 0.303 e. The summed E-state index contributed by atoms with van der Waals surface area (Å²) in [6.07, 6.45) is 22.4. The van der Waals surface area contributed by atoms with Crippen LogP contribution in [0.4, 0.5) is 0 Å². The minimum Gasteiger partial charge on any atom is -0.481 e. The molecule has 0 aliphatic heterocycles. The van der Waals surface area contributed by atoms with Crippen molar-refractivity contribution in [1.29, 1.82) is 0 Å². The van der Waals surface area contributed by atoms with E-state index in [1.54, 1.807) is 0 Å². The van der Waals surface area contributed by atoms with Gasteiger partial charge in [0.05, 0.1) is 0 Å². The predicted molar refractivity (Wildman–Crippen MR) is 94.7 cm³/mol. The Morgan fingerprint density at radius 3 is 2.27 bits per heavy atom. The van der Waals surface area contributed by atoms with Crippen molar-refractivity contribution in [3.63, 3.8) is 0 Å². The fourth-order valence-corrected chi connectivity index (χ4v) is 1.80. The second-order valence-electron chi connectivity index (χ2n) is 5.19. The highest BCUT2D eigenvalue weighted by Gasteiger charge is 1.92. The minimum atomic E-state index is -0.746. The van der Waals surface area contributed by atoms with E-state index in [0.717, 1.165) is 19.3 Å². The van der Waals surface area contributed by atoms with Crippen molar-refractivity contribution in [2.24, 2.45) is 0 Å². The Hall–Kier alpha value is -1.75. The minimum absolute atomic E-state index is 0.211. The maximum atomic E-state index is 10.3. The maximum absolute atomic E-state index is 10.3. The number of allylic oxidation sites excluding steroid dienone is 6. The van der Waals surface area contributed by atoms with E-state index in [9.17, 15) is 4.79 Å². The summed E-state index contributed by atoms with van der Waals surface area (Å²) < 4.78 is 0. The van der Waals surface area contributed by atoms with E-state index < -0.39 is 5.97 Å². The molecule has 2 nitrogen and oxygen atoms in total. The van der Waals surface area contributed by atoms with Crippen LogP contribution in [0, 0.1) is 11.8 Å². The molecule has 0 amide bonds. The molecule has 0 aliphatic carbocycles. The van der Waals surface area contributed by atoms with Crippen molar-refractivity contribution in [2.75, 3.05) is 0 Å². The molecule has 122 valence electrons. The van der Waals surface area contributed by atoms with Gasteiger partial charge in [-0.05, 0) is 32.1 Å². The van der Waals surface area contributed by atoms with Crippen molar-refractivity contribution in [3.05, 3.63) is 36.5 Å². The Morgan fingerprint density at radius 2 is 1.59 bits per heavy atom. The number of aliphatic carboxylic acids is 1. The van der Waals surface area contributed by atoms with Crippen molar-refractivity contribution in [3.8, 4) is 11.8 Å². The van der Waals surface area contributed by atoms with E-state index in [2.05, 4.69) is 55.2 Å². The first-order chi connectivity index (χ1) is 10.8. The smallest absolute Gasteiger partial charge is 0.303 e. The highest BCUT2D eigenvalue weighted by atomic mass is 16.4. The van der Waals surface area contributed by atoms with Gasteiger partial charge in [-0.25, -0.2) is 0 Å². The average Bonchev–Trinajstić information content (AvgIpc) is 2.50. The Morgan fingerprint density at radius 1 is 0.909 bits per heavy atom. The summed E-state index contributed by atoms with van der Waals surface area (Å²) in [5.41, 5.74) is 0. The molecule has 0 atom stereocenters. The van der Waals surface area contributed by atoms with E-state index in [4.69, 9.17) is 5.11 Å². The molecule has 0 heterocycles. The van der Waals surface area contributed by atoms with Gasteiger partial charge in [0.1, 0.15) is 0 Å². The molecule has 0 saturated carbocycles. The zero-order valence-electron chi connectivity index (χ0n) is 13.9. The molecule has 0 unspecified atom stereocenters. The van der Waals surface area contributed by atoms with Crippen LogP contribution in [0.2, 0.25) is 0 Å². The molecule has 0 fully saturated rings. The van der Waals surface area contributed by atoms with Gasteiger partial charge in [-0.3, -0.25) is 4.79 Å². The second-order valence-corrected chi connectivity index (χ2v) is 5.19. The van der Waals surface area contributed by atoms with Crippen LogP contribution in [0.1, 0.15) is 71.1 Å². The molecular formula is C20H30O2. The zero-order valence-corrected chi connectivity index (χ0v) is 13.9. The number of hydrogen-bond acceptors (Lipinski definition) is 1. The van der Waals surface area contributed by atoms with Gasteiger partial charge in [0.2, 0.25) is 0 Å². The summed E-state index contributed by atoms with van der Waals surface area (Å²) in [6, 6.07) is 0. The SMILES string of the molecule is CCCCC/C=C/C/C=C\C/C=C\CC#CCCCC(=O)O. The molecule has 0 aromatic heterocycles. The van der Waals surface area contributed by atoms with Gasteiger partial charge in [0, 0.05) is 19.3 Å². The first kappa shape index (κ1) is 20.2. The number of unbranched alkanes of at least 4 members (excludes halogenated alkanes) is 4. The van der Waals surface area contributed by atoms with Crippen LogP contribution in [0.15, 0.2) is 36.5 Å². The quantitative estimate of drug-likeness (QED) is 0.287. The lowest BCUT2D eigenvalue weighted by atomic mass is 10.2. The molecule has 0 radical (unpaired) electrons. The molecule has 0 spiro atoms. The van der Waals surface area contributed by atoms with Gasteiger partial charge >= 0.3 is 5.97 Å². The summed E-state index contributed by atoms with van der Waals surface area (Å²) in [5.74, 6) is 5.27. The van der Waals surface area contributed by atoms with Crippen molar-refractivity contribution >= 4 is 5.97 Å². The lowest BCUT2D eigenvalue weighted by Crippen LogP contribution is -1.92. The molecule has 22 heavy (non-hydrogen) atoms. The predicted octanol–water partition coefficient (Wildman–Crippen LogP) is 5.66. The van der Waals surface area contributed by atoms with Gasteiger partial charge in [-0.1, -0.05) is 62.1 Å². The van der Waals surface area contributed by atoms with Gasteiger partial charge in [-0.2, -0.15) is 0 Å². The number of carboxylic acid groups (broad SMARTS) is 1. The van der Waals surface area contributed by atoms with Gasteiger partial charge in [-0.15, -0.1) is 5.92 Å². The zero-order chi connectivity index (χ0) is 16.3. The Bertz CT molecular complexity index is 405. The Kier molecular flexibility index (Phi) is 15.9. The summed E-state index contributed by atoms with van der Waals surface area (Å²) in [6.45, 7) is 2.23. The van der Waals surface area contributed by atoms with E-state index in [1.807, 2.05) is 0 Å². The van der Waals surface area contributed by atoms with Gasteiger partial charge in [0.25, 0.3) is 0 Å². The third kappa shape index (κ3) is 18.2. The highest BCUT2D eigenvalue weighted by molar-refractivity contribution is 5.66. The van der Waals surface area contributed by atoms with Crippen LogP contribution in [0.3, 0.4) is 0 Å². The van der Waals surface area contributed by atoms with Crippen LogP contribution in [0.5, 0.6) is 0 Å². The Balaban J connectivity index is 3.44. The lowest BCUT2D eigenvalue weighted by Gasteiger charge is -1.90. The number of carboxylic acids is 1. The third-order valence-corrected chi connectivity index (χ3v) is 3.06. The van der Waals surface area contributed by atoms with Crippen molar-refractivity contribution < 1.29 is 9.90 Å². The van der Waals surface area contributed by atoms with Crippen molar-refractivity contribution in [2.45, 2.75) is 71.1 Å². The summed E-state index contributed by atoms with van der Waals surface area (Å²) >= 11 is 0. The number of rotatable bonds is 12. The topological polar surface area (TPSA) is 37.3 Å². The molecule has 0 aromatic rings. The molecule has 0 aromatic carbocycles. The molecule has 1 N–H and O–H groups in total. The van der Waals surface area contributed by atoms with Crippen LogP contribution in [-0.2, 0) is 4.79 Å². The van der Waals surface area contributed by atoms with E-state index in [-0.39, 0.29) is 6.42 Å². The first-order valence-electron chi connectivity index (χ1n) is 8.39. The van der Waals surface area contributed by atoms with Gasteiger partial charge in [0.15, 0.2) is 0 Å². The first-order valence-corrected chi connectivity index (χ1v) is 8.39. The van der Waals surface area contributed by atoms with Crippen LogP contribution in [-0.4, -0.2) is 11.1 Å². The molecule has 0 bridgehead atoms. The van der Waals surface area contributed by atoms with Crippen LogP contribution in [0.25, 0.3) is 0 Å². The van der Waals surface area contributed by atoms with E-state index in [0.29, 0.717) is 12.8 Å². The normalized spacial score (nSPS) is 11.3. The van der Waals surface area contributed by atoms with E-state index >= 15 is 0 Å². The number of hydrogen-bond donors (Lipinski definition) is 1. The van der Waals surface area contributed by atoms with E-state index in [1.165, 1.54) is 25.7 Å². The fourth-order valence-electron chi connectivity index (χ4n) is 1.80. The molecule has 0 rings (SSSR count). The van der Waals surface area contributed by atoms with Gasteiger partial charge < -0.3 is 5.11 Å². The summed E-state index contributed by atoms with van der Waals surface area (Å²) in [5, 5.41) is 8.47. The third-order valence-electron chi connectivity index (χ3n) is 3.06. The number of carbonyl (C=O) groups is 1. The summed E-state index contributed by atoms with van der Waals surface area (Å²) in [4.78, 5) is 10.3. The van der Waals surface area contributed by atoms with Crippen LogP contribution < -0.4 is 0 Å². The molecule has 2 heteroatoms. The molecule has 0 aliphatic rings. The highest BCUT2D eigenvalue weighted by Crippen LogP contribution is 2.00. The largest absolute Gasteiger partial charge is 0.481 e. The lowest BCUT2D eigenvalue weighted by molar-refractivity contribution is -0.137.